The number of anilines is 2. The third kappa shape index (κ3) is 3.27. The van der Waals surface area contributed by atoms with Crippen LogP contribution in [0.25, 0.3) is 11.0 Å². The van der Waals surface area contributed by atoms with Gasteiger partial charge < -0.3 is 14.6 Å². The van der Waals surface area contributed by atoms with Gasteiger partial charge >= 0.3 is 0 Å². The fraction of sp³-hybridized carbons (Fsp3) is 0.300. The van der Waals surface area contributed by atoms with Crippen molar-refractivity contribution in [2.45, 2.75) is 19.8 Å². The van der Waals surface area contributed by atoms with E-state index in [1.165, 1.54) is 12.1 Å². The van der Waals surface area contributed by atoms with Crippen LogP contribution < -0.4 is 5.32 Å². The van der Waals surface area contributed by atoms with Crippen LogP contribution in [-0.4, -0.2) is 28.9 Å². The van der Waals surface area contributed by atoms with E-state index in [0.717, 1.165) is 31.3 Å². The lowest BCUT2D eigenvalue weighted by atomic mass is 9.99. The molecule has 0 atom stereocenters. The van der Waals surface area contributed by atoms with Gasteiger partial charge in [-0.2, -0.15) is 0 Å². The molecule has 5 nitrogen and oxygen atoms in total. The quantitative estimate of drug-likeness (QED) is 0.749. The van der Waals surface area contributed by atoms with Gasteiger partial charge in [-0.1, -0.05) is 6.92 Å². The average molecular weight is 353 g/mol. The van der Waals surface area contributed by atoms with Gasteiger partial charge in [0.25, 0.3) is 5.91 Å². The van der Waals surface area contributed by atoms with Gasteiger partial charge in [0.15, 0.2) is 0 Å². The summed E-state index contributed by atoms with van der Waals surface area (Å²) in [5.41, 5.74) is 1.64. The van der Waals surface area contributed by atoms with E-state index in [1.54, 1.807) is 30.5 Å². The van der Waals surface area contributed by atoms with Gasteiger partial charge in [0.1, 0.15) is 22.9 Å². The Morgan fingerprint density at radius 3 is 2.69 bits per heavy atom. The van der Waals surface area contributed by atoms with Crippen LogP contribution in [0.1, 0.15) is 30.3 Å². The lowest BCUT2D eigenvalue weighted by molar-refractivity contribution is 0.0691. The highest BCUT2D eigenvalue weighted by atomic mass is 19.1. The minimum atomic E-state index is -0.305. The van der Waals surface area contributed by atoms with E-state index in [1.807, 2.05) is 4.90 Å². The smallest absolute Gasteiger partial charge is 0.272 e. The first-order chi connectivity index (χ1) is 12.6. The molecule has 0 unspecified atom stereocenters. The summed E-state index contributed by atoms with van der Waals surface area (Å²) < 4.78 is 18.6. The number of halogens is 1. The van der Waals surface area contributed by atoms with Crippen LogP contribution in [-0.2, 0) is 0 Å². The average Bonchev–Trinajstić information content (AvgIpc) is 3.12. The van der Waals surface area contributed by atoms with Crippen LogP contribution >= 0.6 is 0 Å². The molecule has 1 N–H and O–H groups in total. The summed E-state index contributed by atoms with van der Waals surface area (Å²) in [7, 11) is 0. The number of carbonyl (C=O) groups is 1. The molecule has 4 rings (SSSR count). The Balaban J connectivity index is 1.66. The number of benzene rings is 1. The standard InChI is InChI=1S/C20H20FN3O2/c1-13-6-9-24(10-7-13)20(25)17-12-18-16(8-11-26-18)19(23-17)22-15-4-2-14(21)3-5-15/h2-5,8,11-13H,6-7,9-10H2,1H3,(H,22,23). The summed E-state index contributed by atoms with van der Waals surface area (Å²) in [6.45, 7) is 3.71. The minimum Gasteiger partial charge on any atom is -0.464 e. The van der Waals surface area contributed by atoms with E-state index in [4.69, 9.17) is 4.42 Å². The number of carbonyl (C=O) groups excluding carboxylic acids is 1. The molecule has 1 aromatic carbocycles. The number of rotatable bonds is 3. The molecule has 1 aliphatic heterocycles. The number of fused-ring (bicyclic) bond motifs is 1. The number of pyridine rings is 1. The molecule has 2 aromatic heterocycles. The summed E-state index contributed by atoms with van der Waals surface area (Å²) in [6, 6.07) is 9.49. The number of likely N-dealkylation sites (tertiary alicyclic amines) is 1. The molecule has 0 saturated carbocycles. The molecule has 0 spiro atoms. The Kier molecular flexibility index (Phi) is 4.32. The Bertz CT molecular complexity index is 928. The number of piperidine rings is 1. The number of amides is 1. The van der Waals surface area contributed by atoms with E-state index >= 15 is 0 Å². The highest BCUT2D eigenvalue weighted by molar-refractivity contribution is 5.99. The second-order valence-electron chi connectivity index (χ2n) is 6.80. The largest absolute Gasteiger partial charge is 0.464 e. The van der Waals surface area contributed by atoms with Crippen LogP contribution in [0.4, 0.5) is 15.9 Å². The van der Waals surface area contributed by atoms with Crippen molar-refractivity contribution < 1.29 is 13.6 Å². The Morgan fingerprint density at radius 1 is 1.23 bits per heavy atom. The monoisotopic (exact) mass is 353 g/mol. The number of hydrogen-bond donors (Lipinski definition) is 1. The van der Waals surface area contributed by atoms with E-state index in [9.17, 15) is 9.18 Å². The number of nitrogens with zero attached hydrogens (tertiary/aromatic N) is 2. The number of hydrogen-bond acceptors (Lipinski definition) is 4. The molecule has 0 aliphatic carbocycles. The number of furan rings is 1. The van der Waals surface area contributed by atoms with Crippen molar-refractivity contribution in [2.24, 2.45) is 5.92 Å². The molecule has 1 fully saturated rings. The van der Waals surface area contributed by atoms with Crippen molar-refractivity contribution in [1.29, 1.82) is 0 Å². The molecule has 6 heteroatoms. The van der Waals surface area contributed by atoms with Gasteiger partial charge in [-0.15, -0.1) is 0 Å². The molecule has 134 valence electrons. The van der Waals surface area contributed by atoms with Gasteiger partial charge in [-0.25, -0.2) is 9.37 Å². The first-order valence-electron chi connectivity index (χ1n) is 8.80. The maximum Gasteiger partial charge on any atom is 0.272 e. The van der Waals surface area contributed by atoms with E-state index in [2.05, 4.69) is 17.2 Å². The Hall–Kier alpha value is -2.89. The van der Waals surface area contributed by atoms with Crippen LogP contribution in [0.3, 0.4) is 0 Å². The lowest BCUT2D eigenvalue weighted by Gasteiger charge is -2.30. The van der Waals surface area contributed by atoms with Crippen molar-refractivity contribution >= 4 is 28.4 Å². The van der Waals surface area contributed by atoms with E-state index in [0.29, 0.717) is 28.7 Å². The van der Waals surface area contributed by atoms with Crippen molar-refractivity contribution in [3.8, 4) is 0 Å². The second kappa shape index (κ2) is 6.78. The molecule has 3 aromatic rings. The molecule has 1 aliphatic rings. The zero-order valence-electron chi connectivity index (χ0n) is 14.5. The summed E-state index contributed by atoms with van der Waals surface area (Å²) in [5, 5.41) is 3.93. The van der Waals surface area contributed by atoms with Crippen molar-refractivity contribution in [3.05, 3.63) is 54.2 Å². The highest BCUT2D eigenvalue weighted by Crippen LogP contribution is 2.28. The van der Waals surface area contributed by atoms with Gasteiger partial charge in [-0.05, 0) is 49.1 Å². The van der Waals surface area contributed by atoms with Crippen LogP contribution in [0, 0.1) is 11.7 Å². The third-order valence-corrected chi connectivity index (χ3v) is 4.85. The van der Waals surface area contributed by atoms with E-state index in [-0.39, 0.29) is 11.7 Å². The predicted molar refractivity (Wildman–Crippen MR) is 98.0 cm³/mol. The van der Waals surface area contributed by atoms with Gasteiger partial charge in [-0.3, -0.25) is 4.79 Å². The molecule has 1 amide bonds. The minimum absolute atomic E-state index is 0.0858. The molecular formula is C20H20FN3O2. The molecule has 3 heterocycles. The first kappa shape index (κ1) is 16.6. The molecular weight excluding hydrogens is 333 g/mol. The third-order valence-electron chi connectivity index (χ3n) is 4.85. The highest BCUT2D eigenvalue weighted by Gasteiger charge is 2.23. The first-order valence-corrected chi connectivity index (χ1v) is 8.80. The number of nitrogens with one attached hydrogen (secondary N) is 1. The van der Waals surface area contributed by atoms with Crippen LogP contribution in [0.5, 0.6) is 0 Å². The Morgan fingerprint density at radius 2 is 1.96 bits per heavy atom. The van der Waals surface area contributed by atoms with Crippen molar-refractivity contribution in [2.75, 3.05) is 18.4 Å². The predicted octanol–water partition coefficient (Wildman–Crippen LogP) is 4.58. The van der Waals surface area contributed by atoms with Crippen molar-refractivity contribution in [1.82, 2.24) is 9.88 Å². The maximum atomic E-state index is 13.1. The van der Waals surface area contributed by atoms with Gasteiger partial charge in [0.05, 0.1) is 11.6 Å². The topological polar surface area (TPSA) is 58.4 Å². The molecule has 1 saturated heterocycles. The summed E-state index contributed by atoms with van der Waals surface area (Å²) in [5.74, 6) is 0.782. The van der Waals surface area contributed by atoms with Gasteiger partial charge in [0, 0.05) is 24.8 Å². The molecule has 0 radical (unpaired) electrons. The normalized spacial score (nSPS) is 15.4. The molecule has 0 bridgehead atoms. The van der Waals surface area contributed by atoms with Gasteiger partial charge in [0.2, 0.25) is 0 Å². The second-order valence-corrected chi connectivity index (χ2v) is 6.80. The zero-order valence-corrected chi connectivity index (χ0v) is 14.5. The van der Waals surface area contributed by atoms with Crippen LogP contribution in [0.15, 0.2) is 47.1 Å². The summed E-state index contributed by atoms with van der Waals surface area (Å²) in [6.07, 6.45) is 3.59. The SMILES string of the molecule is CC1CCN(C(=O)c2cc3occc3c(Nc3ccc(F)cc3)n2)CC1. The maximum absolute atomic E-state index is 13.1. The fourth-order valence-corrected chi connectivity index (χ4v) is 3.21. The van der Waals surface area contributed by atoms with E-state index < -0.39 is 0 Å². The van der Waals surface area contributed by atoms with Crippen LogP contribution in [0.2, 0.25) is 0 Å². The van der Waals surface area contributed by atoms with Crippen molar-refractivity contribution in [3.63, 3.8) is 0 Å². The number of aromatic nitrogens is 1. The Labute approximate surface area is 150 Å². The summed E-state index contributed by atoms with van der Waals surface area (Å²) >= 11 is 0. The fourth-order valence-electron chi connectivity index (χ4n) is 3.21. The lowest BCUT2D eigenvalue weighted by Crippen LogP contribution is -2.38. The summed E-state index contributed by atoms with van der Waals surface area (Å²) in [4.78, 5) is 19.2. The molecule has 26 heavy (non-hydrogen) atoms. The zero-order chi connectivity index (χ0) is 18.1.